The van der Waals surface area contributed by atoms with Crippen LogP contribution >= 0.6 is 11.8 Å². The summed E-state index contributed by atoms with van der Waals surface area (Å²) in [6, 6.07) is 1.22. The predicted molar refractivity (Wildman–Crippen MR) is 78.2 cm³/mol. The average molecular weight is 296 g/mol. The Morgan fingerprint density at radius 3 is 2.30 bits per heavy atom. The first-order chi connectivity index (χ1) is 9.29. The van der Waals surface area contributed by atoms with Crippen LogP contribution in [0.3, 0.4) is 0 Å². The molecular formula is C13H20N4O2S. The fourth-order valence-corrected chi connectivity index (χ4v) is 2.43. The molecule has 0 unspecified atom stereocenters. The van der Waals surface area contributed by atoms with Crippen molar-refractivity contribution in [3.63, 3.8) is 0 Å². The molecule has 0 fully saturated rings. The molecule has 0 radical (unpaired) electrons. The van der Waals surface area contributed by atoms with Crippen molar-refractivity contribution in [2.75, 3.05) is 5.75 Å². The molecular weight excluding hydrogens is 276 g/mol. The van der Waals surface area contributed by atoms with E-state index in [1.54, 1.807) is 0 Å². The SMILES string of the molecule is Cc1cc(C)nc(SCC(=O)N[C@H](C(N)=O)C(C)C)n1. The highest BCUT2D eigenvalue weighted by atomic mass is 32.2. The summed E-state index contributed by atoms with van der Waals surface area (Å²) in [5.74, 6) is -0.672. The molecule has 3 N–H and O–H groups in total. The maximum Gasteiger partial charge on any atom is 0.240 e. The lowest BCUT2D eigenvalue weighted by molar-refractivity contribution is -0.126. The zero-order chi connectivity index (χ0) is 15.3. The van der Waals surface area contributed by atoms with Crippen LogP contribution < -0.4 is 11.1 Å². The molecule has 0 saturated heterocycles. The van der Waals surface area contributed by atoms with Crippen LogP contribution in [0, 0.1) is 19.8 Å². The molecule has 0 aromatic carbocycles. The number of aryl methyl sites for hydroxylation is 2. The lowest BCUT2D eigenvalue weighted by Gasteiger charge is -2.18. The van der Waals surface area contributed by atoms with Crippen molar-refractivity contribution >= 4 is 23.6 Å². The fraction of sp³-hybridized carbons (Fsp3) is 0.538. The standard InChI is InChI=1S/C13H20N4O2S/c1-7(2)11(12(14)19)17-10(18)6-20-13-15-8(3)5-9(4)16-13/h5,7,11H,6H2,1-4H3,(H2,14,19)(H,17,18)/t11-/m0/s1. The van der Waals surface area contributed by atoms with E-state index in [0.29, 0.717) is 5.16 Å². The molecule has 1 atom stereocenters. The first-order valence-electron chi connectivity index (χ1n) is 6.33. The van der Waals surface area contributed by atoms with Gasteiger partial charge in [0, 0.05) is 11.4 Å². The van der Waals surface area contributed by atoms with Gasteiger partial charge in [0.25, 0.3) is 0 Å². The maximum atomic E-state index is 11.8. The van der Waals surface area contributed by atoms with Crippen molar-refractivity contribution in [2.45, 2.75) is 38.9 Å². The molecule has 7 heteroatoms. The molecule has 1 aromatic rings. The quantitative estimate of drug-likeness (QED) is 0.598. The lowest BCUT2D eigenvalue weighted by atomic mass is 10.0. The summed E-state index contributed by atoms with van der Waals surface area (Å²) in [6.07, 6.45) is 0. The van der Waals surface area contributed by atoms with Crippen LogP contribution in [0.5, 0.6) is 0 Å². The maximum absolute atomic E-state index is 11.8. The number of hydrogen-bond donors (Lipinski definition) is 2. The van der Waals surface area contributed by atoms with E-state index in [9.17, 15) is 9.59 Å². The van der Waals surface area contributed by atoms with Gasteiger partial charge in [-0.2, -0.15) is 0 Å². The number of nitrogens with zero attached hydrogens (tertiary/aromatic N) is 2. The Morgan fingerprint density at radius 2 is 1.85 bits per heavy atom. The number of amides is 2. The summed E-state index contributed by atoms with van der Waals surface area (Å²) in [7, 11) is 0. The third-order valence-corrected chi connectivity index (χ3v) is 3.43. The molecule has 0 aliphatic heterocycles. The lowest BCUT2D eigenvalue weighted by Crippen LogP contribution is -2.48. The first-order valence-corrected chi connectivity index (χ1v) is 7.32. The zero-order valence-electron chi connectivity index (χ0n) is 12.1. The summed E-state index contributed by atoms with van der Waals surface area (Å²) < 4.78 is 0. The Morgan fingerprint density at radius 1 is 1.30 bits per heavy atom. The summed E-state index contributed by atoms with van der Waals surface area (Å²) in [4.78, 5) is 31.5. The molecule has 0 spiro atoms. The highest BCUT2D eigenvalue weighted by molar-refractivity contribution is 7.99. The van der Waals surface area contributed by atoms with Gasteiger partial charge in [-0.05, 0) is 25.8 Å². The number of aromatic nitrogens is 2. The predicted octanol–water partition coefficient (Wildman–Crippen LogP) is 0.812. The topological polar surface area (TPSA) is 98.0 Å². The molecule has 0 aliphatic rings. The largest absolute Gasteiger partial charge is 0.368 e. The van der Waals surface area contributed by atoms with Crippen molar-refractivity contribution in [2.24, 2.45) is 11.7 Å². The summed E-state index contributed by atoms with van der Waals surface area (Å²) >= 11 is 1.24. The highest BCUT2D eigenvalue weighted by Gasteiger charge is 2.21. The number of nitrogens with one attached hydrogen (secondary N) is 1. The summed E-state index contributed by atoms with van der Waals surface area (Å²) in [6.45, 7) is 7.41. The molecule has 1 heterocycles. The Kier molecular flexibility index (Phi) is 5.94. The van der Waals surface area contributed by atoms with Crippen LogP contribution in [0.1, 0.15) is 25.2 Å². The second-order valence-electron chi connectivity index (χ2n) is 4.91. The van der Waals surface area contributed by atoms with Gasteiger partial charge in [-0.3, -0.25) is 9.59 Å². The molecule has 110 valence electrons. The van der Waals surface area contributed by atoms with Gasteiger partial charge in [-0.1, -0.05) is 25.6 Å². The molecule has 0 bridgehead atoms. The molecule has 6 nitrogen and oxygen atoms in total. The van der Waals surface area contributed by atoms with Crippen LogP contribution in [0.25, 0.3) is 0 Å². The van der Waals surface area contributed by atoms with Gasteiger partial charge >= 0.3 is 0 Å². The number of nitrogens with two attached hydrogens (primary N) is 1. The Hall–Kier alpha value is -1.63. The molecule has 0 aliphatic carbocycles. The highest BCUT2D eigenvalue weighted by Crippen LogP contribution is 2.14. The number of thioether (sulfide) groups is 1. The van der Waals surface area contributed by atoms with E-state index in [-0.39, 0.29) is 17.6 Å². The smallest absolute Gasteiger partial charge is 0.240 e. The van der Waals surface area contributed by atoms with Crippen molar-refractivity contribution in [3.05, 3.63) is 17.5 Å². The zero-order valence-corrected chi connectivity index (χ0v) is 13.0. The van der Waals surface area contributed by atoms with Crippen molar-refractivity contribution in [1.82, 2.24) is 15.3 Å². The molecule has 1 aromatic heterocycles. The van der Waals surface area contributed by atoms with E-state index in [1.807, 2.05) is 33.8 Å². The molecule has 0 saturated carbocycles. The van der Waals surface area contributed by atoms with Gasteiger partial charge in [0.1, 0.15) is 6.04 Å². The van der Waals surface area contributed by atoms with Gasteiger partial charge in [-0.25, -0.2) is 9.97 Å². The minimum Gasteiger partial charge on any atom is -0.368 e. The van der Waals surface area contributed by atoms with Gasteiger partial charge in [0.05, 0.1) is 5.75 Å². The molecule has 20 heavy (non-hydrogen) atoms. The van der Waals surface area contributed by atoms with E-state index < -0.39 is 11.9 Å². The second-order valence-corrected chi connectivity index (χ2v) is 5.86. The van der Waals surface area contributed by atoms with Crippen molar-refractivity contribution < 1.29 is 9.59 Å². The average Bonchev–Trinajstić information content (AvgIpc) is 2.31. The third kappa shape index (κ3) is 5.16. The van der Waals surface area contributed by atoms with Crippen molar-refractivity contribution in [1.29, 1.82) is 0 Å². The van der Waals surface area contributed by atoms with E-state index >= 15 is 0 Å². The number of carbonyl (C=O) groups is 2. The number of primary amides is 1. The Labute approximate surface area is 122 Å². The minimum atomic E-state index is -0.650. The second kappa shape index (κ2) is 7.23. The minimum absolute atomic E-state index is 0.0427. The van der Waals surface area contributed by atoms with Gasteiger partial charge in [0.15, 0.2) is 5.16 Å². The normalized spacial score (nSPS) is 12.2. The number of carbonyl (C=O) groups excluding carboxylic acids is 2. The Balaban J connectivity index is 2.56. The third-order valence-electron chi connectivity index (χ3n) is 2.58. The van der Waals surface area contributed by atoms with E-state index in [2.05, 4.69) is 15.3 Å². The monoisotopic (exact) mass is 296 g/mol. The molecule has 1 rings (SSSR count). The summed E-state index contributed by atoms with van der Waals surface area (Å²) in [5.41, 5.74) is 6.97. The van der Waals surface area contributed by atoms with Crippen LogP contribution in [-0.4, -0.2) is 33.6 Å². The van der Waals surface area contributed by atoms with Crippen LogP contribution in [0.4, 0.5) is 0 Å². The first kappa shape index (κ1) is 16.4. The molecule has 2 amide bonds. The number of rotatable bonds is 6. The van der Waals surface area contributed by atoms with Crippen LogP contribution in [0.15, 0.2) is 11.2 Å². The van der Waals surface area contributed by atoms with E-state index in [0.717, 1.165) is 11.4 Å². The van der Waals surface area contributed by atoms with Crippen molar-refractivity contribution in [3.8, 4) is 0 Å². The van der Waals surface area contributed by atoms with E-state index in [4.69, 9.17) is 5.73 Å². The van der Waals surface area contributed by atoms with Crippen LogP contribution in [0.2, 0.25) is 0 Å². The number of hydrogen-bond acceptors (Lipinski definition) is 5. The van der Waals surface area contributed by atoms with E-state index in [1.165, 1.54) is 11.8 Å². The van der Waals surface area contributed by atoms with Gasteiger partial charge < -0.3 is 11.1 Å². The van der Waals surface area contributed by atoms with Gasteiger partial charge in [-0.15, -0.1) is 0 Å². The Bertz CT molecular complexity index is 485. The van der Waals surface area contributed by atoms with Gasteiger partial charge in [0.2, 0.25) is 11.8 Å². The van der Waals surface area contributed by atoms with Crippen LogP contribution in [-0.2, 0) is 9.59 Å². The fourth-order valence-electron chi connectivity index (χ4n) is 1.67. The summed E-state index contributed by atoms with van der Waals surface area (Å²) in [5, 5.41) is 3.18.